The van der Waals surface area contributed by atoms with E-state index in [2.05, 4.69) is 18.7 Å². The lowest BCUT2D eigenvalue weighted by molar-refractivity contribution is -0.143. The largest absolute Gasteiger partial charge is 0.497 e. The number of Topliss-reactive ketones (excluding diaryl/α,β-unsaturated/α-hetero) is 1. The summed E-state index contributed by atoms with van der Waals surface area (Å²) in [7, 11) is 1.60. The molecule has 35 heavy (non-hydrogen) atoms. The van der Waals surface area contributed by atoms with E-state index in [0.29, 0.717) is 23.8 Å². The van der Waals surface area contributed by atoms with E-state index in [4.69, 9.17) is 14.2 Å². The highest BCUT2D eigenvalue weighted by Gasteiger charge is 2.48. The standard InChI is InChI=1S/C28H35NO6/c1-4-6-18(7-5-2)23(30)16-29-15-22(20-10-13-24-25(14-20)35-17-34-24)26(28(31)32)27(29)19-8-11-21(33-3)12-9-19/h8-14,18,22,26-27H,4-7,15-17H2,1-3H3,(H,31,32)/t22-,26-,27+/m0/s1. The summed E-state index contributed by atoms with van der Waals surface area (Å²) in [6.45, 7) is 5.08. The third-order valence-corrected chi connectivity index (χ3v) is 7.25. The highest BCUT2D eigenvalue weighted by Crippen LogP contribution is 2.48. The topological polar surface area (TPSA) is 85.3 Å². The Balaban J connectivity index is 1.70. The number of hydrogen-bond acceptors (Lipinski definition) is 6. The van der Waals surface area contributed by atoms with Crippen molar-refractivity contribution in [1.82, 2.24) is 4.90 Å². The predicted molar refractivity (Wildman–Crippen MR) is 132 cm³/mol. The molecule has 3 atom stereocenters. The minimum Gasteiger partial charge on any atom is -0.497 e. The Hall–Kier alpha value is -3.06. The minimum absolute atomic E-state index is 0.00869. The predicted octanol–water partition coefficient (Wildman–Crippen LogP) is 5.05. The Morgan fingerprint density at radius 1 is 1.03 bits per heavy atom. The van der Waals surface area contributed by atoms with E-state index in [9.17, 15) is 14.7 Å². The van der Waals surface area contributed by atoms with Gasteiger partial charge < -0.3 is 19.3 Å². The Bertz CT molecular complexity index is 1030. The molecular weight excluding hydrogens is 446 g/mol. The molecule has 2 aromatic carbocycles. The molecule has 4 rings (SSSR count). The molecule has 2 aromatic rings. The van der Waals surface area contributed by atoms with Crippen LogP contribution in [-0.4, -0.2) is 48.8 Å². The number of benzene rings is 2. The fourth-order valence-electron chi connectivity index (χ4n) is 5.57. The van der Waals surface area contributed by atoms with Crippen LogP contribution in [0.3, 0.4) is 0 Å². The van der Waals surface area contributed by atoms with Crippen LogP contribution in [0.15, 0.2) is 42.5 Å². The second kappa shape index (κ2) is 11.1. The number of aliphatic carboxylic acids is 1. The van der Waals surface area contributed by atoms with Crippen molar-refractivity contribution in [2.75, 3.05) is 27.0 Å². The van der Waals surface area contributed by atoms with Gasteiger partial charge in [-0.15, -0.1) is 0 Å². The highest BCUT2D eigenvalue weighted by atomic mass is 16.7. The number of likely N-dealkylation sites (tertiary alicyclic amines) is 1. The van der Waals surface area contributed by atoms with Crippen LogP contribution in [0, 0.1) is 11.8 Å². The molecular formula is C28H35NO6. The molecule has 1 saturated heterocycles. The molecule has 0 unspecified atom stereocenters. The molecule has 0 bridgehead atoms. The van der Waals surface area contributed by atoms with E-state index in [0.717, 1.165) is 36.8 Å². The zero-order valence-corrected chi connectivity index (χ0v) is 20.7. The van der Waals surface area contributed by atoms with Crippen LogP contribution in [0.1, 0.15) is 62.6 Å². The lowest BCUT2D eigenvalue weighted by atomic mass is 9.82. The van der Waals surface area contributed by atoms with Gasteiger partial charge in [0.15, 0.2) is 11.5 Å². The molecule has 0 aromatic heterocycles. The highest BCUT2D eigenvalue weighted by molar-refractivity contribution is 5.83. The number of hydrogen-bond donors (Lipinski definition) is 1. The van der Waals surface area contributed by atoms with Crippen LogP contribution in [0.4, 0.5) is 0 Å². The summed E-state index contributed by atoms with van der Waals surface area (Å²) in [6, 6.07) is 12.7. The number of rotatable bonds is 11. The molecule has 1 N–H and O–H groups in total. The first-order valence-corrected chi connectivity index (χ1v) is 12.5. The second-order valence-corrected chi connectivity index (χ2v) is 9.47. The van der Waals surface area contributed by atoms with Crippen molar-refractivity contribution < 1.29 is 28.9 Å². The van der Waals surface area contributed by atoms with Crippen molar-refractivity contribution in [1.29, 1.82) is 0 Å². The fourth-order valence-corrected chi connectivity index (χ4v) is 5.57. The zero-order valence-electron chi connectivity index (χ0n) is 20.7. The fraction of sp³-hybridized carbons (Fsp3) is 0.500. The van der Waals surface area contributed by atoms with E-state index in [1.807, 2.05) is 42.5 Å². The van der Waals surface area contributed by atoms with Crippen LogP contribution in [0.2, 0.25) is 0 Å². The first-order chi connectivity index (χ1) is 17.0. The van der Waals surface area contributed by atoms with Gasteiger partial charge >= 0.3 is 5.97 Å². The maximum Gasteiger partial charge on any atom is 0.309 e. The van der Waals surface area contributed by atoms with Crippen LogP contribution in [0.5, 0.6) is 17.2 Å². The summed E-state index contributed by atoms with van der Waals surface area (Å²) in [4.78, 5) is 28.2. The zero-order chi connectivity index (χ0) is 24.9. The average molecular weight is 482 g/mol. The summed E-state index contributed by atoms with van der Waals surface area (Å²) >= 11 is 0. The lowest BCUT2D eigenvalue weighted by Gasteiger charge is -2.28. The average Bonchev–Trinajstić information content (AvgIpc) is 3.48. The maximum atomic E-state index is 13.4. The Morgan fingerprint density at radius 2 is 1.69 bits per heavy atom. The minimum atomic E-state index is -0.873. The molecule has 2 heterocycles. The number of nitrogens with zero attached hydrogens (tertiary/aromatic N) is 1. The summed E-state index contributed by atoms with van der Waals surface area (Å²) < 4.78 is 16.3. The van der Waals surface area contributed by atoms with Gasteiger partial charge in [0.2, 0.25) is 6.79 Å². The summed E-state index contributed by atoms with van der Waals surface area (Å²) in [5, 5.41) is 10.4. The number of methoxy groups -OCH3 is 1. The molecule has 1 fully saturated rings. The van der Waals surface area contributed by atoms with Crippen LogP contribution in [-0.2, 0) is 9.59 Å². The van der Waals surface area contributed by atoms with Crippen molar-refractivity contribution >= 4 is 11.8 Å². The molecule has 2 aliphatic rings. The number of fused-ring (bicyclic) bond motifs is 1. The van der Waals surface area contributed by atoms with E-state index in [1.54, 1.807) is 7.11 Å². The molecule has 0 spiro atoms. The van der Waals surface area contributed by atoms with Crippen molar-refractivity contribution in [3.8, 4) is 17.2 Å². The Labute approximate surface area is 207 Å². The van der Waals surface area contributed by atoms with Gasteiger partial charge in [0.25, 0.3) is 0 Å². The molecule has 7 heteroatoms. The van der Waals surface area contributed by atoms with Crippen LogP contribution in [0.25, 0.3) is 0 Å². The molecule has 2 aliphatic heterocycles. The third-order valence-electron chi connectivity index (χ3n) is 7.25. The number of carbonyl (C=O) groups excluding carboxylic acids is 1. The SMILES string of the molecule is CCCC(CCC)C(=O)CN1C[C@@H](c2ccc3c(c2)OCO3)[C@H](C(=O)O)[C@H]1c1ccc(OC)cc1. The lowest BCUT2D eigenvalue weighted by Crippen LogP contribution is -2.35. The van der Waals surface area contributed by atoms with Gasteiger partial charge in [-0.3, -0.25) is 14.5 Å². The first-order valence-electron chi connectivity index (χ1n) is 12.5. The summed E-state index contributed by atoms with van der Waals surface area (Å²) in [5.74, 6) is 0.330. The van der Waals surface area contributed by atoms with E-state index < -0.39 is 17.9 Å². The number of carboxylic acids is 1. The smallest absolute Gasteiger partial charge is 0.309 e. The van der Waals surface area contributed by atoms with Crippen LogP contribution >= 0.6 is 0 Å². The van der Waals surface area contributed by atoms with Crippen LogP contribution < -0.4 is 14.2 Å². The van der Waals surface area contributed by atoms with Crippen molar-refractivity contribution in [2.45, 2.75) is 51.5 Å². The summed E-state index contributed by atoms with van der Waals surface area (Å²) in [6.07, 6.45) is 3.63. The summed E-state index contributed by atoms with van der Waals surface area (Å²) in [5.41, 5.74) is 1.76. The molecule has 7 nitrogen and oxygen atoms in total. The molecule has 188 valence electrons. The van der Waals surface area contributed by atoms with E-state index in [-0.39, 0.29) is 31.0 Å². The Morgan fingerprint density at radius 3 is 2.31 bits per heavy atom. The molecule has 0 aliphatic carbocycles. The van der Waals surface area contributed by atoms with Gasteiger partial charge in [-0.25, -0.2) is 0 Å². The van der Waals surface area contributed by atoms with Gasteiger partial charge in [0, 0.05) is 24.4 Å². The van der Waals surface area contributed by atoms with Gasteiger partial charge in [-0.1, -0.05) is 44.9 Å². The number of carboxylic acid groups (broad SMARTS) is 1. The monoisotopic (exact) mass is 481 g/mol. The molecule has 0 saturated carbocycles. The van der Waals surface area contributed by atoms with E-state index in [1.165, 1.54) is 0 Å². The van der Waals surface area contributed by atoms with Gasteiger partial charge in [0.05, 0.1) is 19.6 Å². The quantitative estimate of drug-likeness (QED) is 0.481. The normalized spacial score (nSPS) is 21.4. The third kappa shape index (κ3) is 5.30. The van der Waals surface area contributed by atoms with Crippen molar-refractivity contribution in [3.63, 3.8) is 0 Å². The number of ketones is 1. The molecule has 0 amide bonds. The van der Waals surface area contributed by atoms with E-state index >= 15 is 0 Å². The number of carbonyl (C=O) groups is 2. The Kier molecular flexibility index (Phi) is 7.96. The maximum absolute atomic E-state index is 13.4. The second-order valence-electron chi connectivity index (χ2n) is 9.47. The first kappa shape index (κ1) is 25.0. The molecule has 0 radical (unpaired) electrons. The van der Waals surface area contributed by atoms with Gasteiger partial charge in [-0.2, -0.15) is 0 Å². The van der Waals surface area contributed by atoms with Crippen molar-refractivity contribution in [2.24, 2.45) is 11.8 Å². The number of ether oxygens (including phenoxy) is 3. The van der Waals surface area contributed by atoms with Gasteiger partial charge in [0.1, 0.15) is 11.5 Å². The van der Waals surface area contributed by atoms with Crippen molar-refractivity contribution in [3.05, 3.63) is 53.6 Å². The van der Waals surface area contributed by atoms with Gasteiger partial charge in [-0.05, 0) is 48.2 Å².